The number of unbranched alkanes of at least 4 members (excludes halogenated alkanes) is 1. The van der Waals surface area contributed by atoms with Crippen LogP contribution in [0.25, 0.3) is 21.8 Å². The van der Waals surface area contributed by atoms with E-state index in [0.717, 1.165) is 27.4 Å². The van der Waals surface area contributed by atoms with Crippen molar-refractivity contribution in [3.63, 3.8) is 0 Å². The largest absolute Gasteiger partial charge is 0.508 e. The number of benzene rings is 4. The van der Waals surface area contributed by atoms with Gasteiger partial charge in [-0.05, 0) is 105 Å². The fraction of sp³-hybridized carbons (Fsp3) is 0.373. The molecule has 0 saturated carbocycles. The highest BCUT2D eigenvalue weighted by molar-refractivity contribution is 7.98. The molecular weight excluding hydrogens is 1080 g/mol. The van der Waals surface area contributed by atoms with E-state index >= 15 is 0 Å². The maximum atomic E-state index is 14.9. The van der Waals surface area contributed by atoms with Crippen LogP contribution in [0.4, 0.5) is 0 Å². The Balaban J connectivity index is 1.24. The number of thioether (sulfide) groups is 1. The van der Waals surface area contributed by atoms with Crippen LogP contribution in [0, 0.1) is 0 Å². The van der Waals surface area contributed by atoms with Gasteiger partial charge in [-0.2, -0.15) is 11.8 Å². The number of aromatic nitrogens is 2. The normalized spacial score (nSPS) is 14.1. The molecule has 24 heteroatoms. The zero-order valence-electron chi connectivity index (χ0n) is 46.6. The standard InChI is InChI=1S/C59H75N13O10S/c1-34(65-55(78)46(24-26-83-3)67-51(74)31-61)53(76)68-45(19-11-12-25-60)56(79)71-48(28-37-20-22-40(73)23-21-37)58(81)72-49(29-38-32-63-43-17-9-7-15-41(38)43)57(80)66-35(2)54(77)70-50(30-39-33-64-44-18-10-8-16-42(39)44)59(82)69-47(52(62)75)27-36-13-5-4-6-14-36/h4-10,13-18,20-23,32-35,45-50,63-64,73H,11-12,19,24-31,60-61H2,1-3H3,(H2,62,75)(H,65,78)(H,66,80)(H,67,74)(H,68,76)(H,69,82)(H,70,77)(H,71,79)(H,72,81)/t34-,35-,45+,46-,47+,48-,49+,50-/m0/s1. The Kier molecular flexibility index (Phi) is 24.1. The number of aromatic hydroxyl groups is 1. The number of carbonyl (C=O) groups is 9. The van der Waals surface area contributed by atoms with Crippen LogP contribution in [0.15, 0.2) is 116 Å². The Bertz CT molecular complexity index is 3190. The molecule has 9 amide bonds. The number of aromatic amines is 2. The second-order valence-corrected chi connectivity index (χ2v) is 21.2. The van der Waals surface area contributed by atoms with Gasteiger partial charge < -0.3 is 74.8 Å². The summed E-state index contributed by atoms with van der Waals surface area (Å²) >= 11 is 1.46. The summed E-state index contributed by atoms with van der Waals surface area (Å²) in [7, 11) is 0. The van der Waals surface area contributed by atoms with Gasteiger partial charge in [-0.3, -0.25) is 43.2 Å². The number of hydrogen-bond acceptors (Lipinski definition) is 13. The summed E-state index contributed by atoms with van der Waals surface area (Å²) in [6.07, 6.45) is 6.18. The van der Waals surface area contributed by atoms with Gasteiger partial charge in [0.25, 0.3) is 0 Å². The first-order valence-corrected chi connectivity index (χ1v) is 28.8. The van der Waals surface area contributed by atoms with Crippen LogP contribution in [0.3, 0.4) is 0 Å². The SMILES string of the molecule is CSCC[C@H](NC(=O)CN)C(=O)N[C@@H](C)C(=O)N[C@H](CCCCN)C(=O)N[C@@H](Cc1ccc(O)cc1)C(=O)N[C@H](Cc1c[nH]c2ccccc12)C(=O)N[C@@H](C)C(=O)N[C@@H](Cc1c[nH]c2ccccc12)C(=O)N[C@H](Cc1ccccc1)C(N)=O. The van der Waals surface area contributed by atoms with Gasteiger partial charge in [0.15, 0.2) is 0 Å². The van der Waals surface area contributed by atoms with Gasteiger partial charge >= 0.3 is 0 Å². The van der Waals surface area contributed by atoms with Gasteiger partial charge in [-0.25, -0.2) is 0 Å². The van der Waals surface area contributed by atoms with Gasteiger partial charge in [-0.15, -0.1) is 0 Å². The first kappa shape index (κ1) is 63.4. The van der Waals surface area contributed by atoms with E-state index in [0.29, 0.717) is 35.3 Å². The van der Waals surface area contributed by atoms with Crippen LogP contribution >= 0.6 is 11.8 Å². The summed E-state index contributed by atoms with van der Waals surface area (Å²) in [5.74, 6) is -6.18. The molecule has 0 bridgehead atoms. The molecule has 0 radical (unpaired) electrons. The lowest BCUT2D eigenvalue weighted by Gasteiger charge is -2.27. The Labute approximate surface area is 484 Å². The third kappa shape index (κ3) is 18.9. The summed E-state index contributed by atoms with van der Waals surface area (Å²) in [4.78, 5) is 131. The van der Waals surface area contributed by atoms with Crippen molar-refractivity contribution >= 4 is 86.7 Å². The minimum atomic E-state index is -1.42. The molecule has 17 N–H and O–H groups in total. The van der Waals surface area contributed by atoms with E-state index in [1.54, 1.807) is 48.8 Å². The number of carbonyl (C=O) groups excluding carboxylic acids is 9. The predicted octanol–water partition coefficient (Wildman–Crippen LogP) is 0.870. The summed E-state index contributed by atoms with van der Waals surface area (Å²) in [5.41, 5.74) is 21.1. The van der Waals surface area contributed by atoms with Crippen LogP contribution < -0.4 is 59.7 Å². The number of fused-ring (bicyclic) bond motifs is 2. The highest BCUT2D eigenvalue weighted by Crippen LogP contribution is 2.22. The summed E-state index contributed by atoms with van der Waals surface area (Å²) in [6, 6.07) is 19.5. The molecule has 8 atom stereocenters. The van der Waals surface area contributed by atoms with Gasteiger partial charge in [-0.1, -0.05) is 78.9 Å². The molecule has 0 unspecified atom stereocenters. The zero-order chi connectivity index (χ0) is 60.0. The van der Waals surface area contributed by atoms with Crippen LogP contribution in [0.1, 0.15) is 61.8 Å². The minimum Gasteiger partial charge on any atom is -0.508 e. The second kappa shape index (κ2) is 31.5. The van der Waals surface area contributed by atoms with Gasteiger partial charge in [0, 0.05) is 59.9 Å². The molecule has 2 heterocycles. The second-order valence-electron chi connectivity index (χ2n) is 20.2. The summed E-state index contributed by atoms with van der Waals surface area (Å²) in [6.45, 7) is 2.75. The molecule has 0 saturated heterocycles. The Hall–Kier alpha value is -8.74. The van der Waals surface area contributed by atoms with Crippen molar-refractivity contribution in [1.82, 2.24) is 52.5 Å². The highest BCUT2D eigenvalue weighted by Gasteiger charge is 2.34. The van der Waals surface area contributed by atoms with Gasteiger partial charge in [0.05, 0.1) is 6.54 Å². The lowest BCUT2D eigenvalue weighted by molar-refractivity contribution is -0.135. The average Bonchev–Trinajstić information content (AvgIpc) is 4.33. The molecule has 0 aliphatic carbocycles. The average molecular weight is 1160 g/mol. The summed E-state index contributed by atoms with van der Waals surface area (Å²) in [5, 5.41) is 33.3. The number of rotatable bonds is 32. The van der Waals surface area contributed by atoms with E-state index in [1.807, 2.05) is 60.9 Å². The zero-order valence-corrected chi connectivity index (χ0v) is 47.4. The first-order chi connectivity index (χ1) is 39.9. The molecule has 442 valence electrons. The molecule has 0 fully saturated rings. The van der Waals surface area contributed by atoms with Crippen LogP contribution in [-0.2, 0) is 68.8 Å². The van der Waals surface area contributed by atoms with Crippen LogP contribution in [0.2, 0.25) is 0 Å². The molecule has 0 aliphatic rings. The number of primary amides is 1. The number of nitrogens with two attached hydrogens (primary N) is 3. The predicted molar refractivity (Wildman–Crippen MR) is 317 cm³/mol. The topological polar surface area (TPSA) is 380 Å². The van der Waals surface area contributed by atoms with E-state index in [2.05, 4.69) is 52.5 Å². The quantitative estimate of drug-likeness (QED) is 0.0261. The molecule has 4 aromatic carbocycles. The lowest BCUT2D eigenvalue weighted by atomic mass is 10.0. The molecule has 2 aromatic heterocycles. The fourth-order valence-corrected chi connectivity index (χ4v) is 9.77. The van der Waals surface area contributed by atoms with E-state index in [-0.39, 0.29) is 57.4 Å². The number of phenolic OH excluding ortho intramolecular Hbond substituents is 1. The number of nitrogens with one attached hydrogen (secondary N) is 10. The maximum absolute atomic E-state index is 14.9. The van der Waals surface area contributed by atoms with Crippen molar-refractivity contribution in [2.24, 2.45) is 17.2 Å². The number of phenols is 1. The Morgan fingerprint density at radius 3 is 1.42 bits per heavy atom. The Morgan fingerprint density at radius 2 is 0.904 bits per heavy atom. The summed E-state index contributed by atoms with van der Waals surface area (Å²) < 4.78 is 0. The first-order valence-electron chi connectivity index (χ1n) is 27.4. The van der Waals surface area contributed by atoms with Crippen molar-refractivity contribution in [2.75, 3.05) is 25.1 Å². The molecule has 0 spiro atoms. The monoisotopic (exact) mass is 1160 g/mol. The number of para-hydroxylation sites is 2. The Morgan fingerprint density at radius 1 is 0.482 bits per heavy atom. The van der Waals surface area contributed by atoms with E-state index in [1.165, 1.54) is 37.7 Å². The number of hydrogen-bond donors (Lipinski definition) is 14. The molecule has 6 aromatic rings. The molecule has 83 heavy (non-hydrogen) atoms. The van der Waals surface area contributed by atoms with E-state index in [4.69, 9.17) is 17.2 Å². The lowest BCUT2D eigenvalue weighted by Crippen LogP contribution is -2.60. The molecular formula is C59H75N13O10S. The third-order valence-electron chi connectivity index (χ3n) is 13.9. The molecule has 6 rings (SSSR count). The molecule has 0 aliphatic heterocycles. The van der Waals surface area contributed by atoms with Gasteiger partial charge in [0.2, 0.25) is 53.2 Å². The highest BCUT2D eigenvalue weighted by atomic mass is 32.2. The maximum Gasteiger partial charge on any atom is 0.243 e. The van der Waals surface area contributed by atoms with Crippen LogP contribution in [0.5, 0.6) is 5.75 Å². The minimum absolute atomic E-state index is 0.0327. The number of amides is 9. The van der Waals surface area contributed by atoms with Crippen LogP contribution in [-0.4, -0.2) is 142 Å². The smallest absolute Gasteiger partial charge is 0.243 e. The fourth-order valence-electron chi connectivity index (χ4n) is 9.30. The molecule has 23 nitrogen and oxygen atoms in total. The van der Waals surface area contributed by atoms with E-state index in [9.17, 15) is 48.3 Å². The van der Waals surface area contributed by atoms with Gasteiger partial charge in [0.1, 0.15) is 54.1 Å². The van der Waals surface area contributed by atoms with Crippen molar-refractivity contribution < 1.29 is 48.3 Å². The van der Waals surface area contributed by atoms with Crippen molar-refractivity contribution in [2.45, 2.75) is 114 Å². The third-order valence-corrected chi connectivity index (χ3v) is 14.6. The van der Waals surface area contributed by atoms with Crippen molar-refractivity contribution in [1.29, 1.82) is 0 Å². The van der Waals surface area contributed by atoms with Crippen molar-refractivity contribution in [3.8, 4) is 5.75 Å². The van der Waals surface area contributed by atoms with E-state index < -0.39 is 101 Å². The van der Waals surface area contributed by atoms with Crippen molar-refractivity contribution in [3.05, 3.63) is 138 Å². The number of H-pyrrole nitrogens is 2.